The third-order valence-electron chi connectivity index (χ3n) is 3.98. The Bertz CT molecular complexity index is 513. The number of carbonyl (C=O) groups excluding carboxylic acids is 1. The molecule has 0 radical (unpaired) electrons. The summed E-state index contributed by atoms with van der Waals surface area (Å²) < 4.78 is 5.31. The zero-order chi connectivity index (χ0) is 16.9. The minimum atomic E-state index is -0.452. The summed E-state index contributed by atoms with van der Waals surface area (Å²) in [5.41, 5.74) is -0.452. The minimum Gasteiger partial charge on any atom is -0.444 e. The Kier molecular flexibility index (Phi) is 6.74. The molecule has 2 unspecified atom stereocenters. The topological polar surface area (TPSA) is 50.4 Å². The molecule has 0 saturated heterocycles. The lowest BCUT2D eigenvalue weighted by atomic mass is 9.84. The Labute approximate surface area is 147 Å². The number of nitrogens with one attached hydrogen (secondary N) is 2. The smallest absolute Gasteiger partial charge is 0.407 e. The summed E-state index contributed by atoms with van der Waals surface area (Å²) in [7, 11) is 0. The van der Waals surface area contributed by atoms with E-state index in [1.54, 1.807) is 11.3 Å². The highest BCUT2D eigenvalue weighted by Gasteiger charge is 2.26. The number of carbonyl (C=O) groups is 1. The highest BCUT2D eigenvalue weighted by atomic mass is 35.5. The number of hydrogen-bond donors (Lipinski definition) is 2. The van der Waals surface area contributed by atoms with Crippen molar-refractivity contribution in [1.82, 2.24) is 10.6 Å². The molecule has 0 bridgehead atoms. The van der Waals surface area contributed by atoms with Crippen molar-refractivity contribution in [3.8, 4) is 0 Å². The van der Waals surface area contributed by atoms with Gasteiger partial charge in [0.15, 0.2) is 0 Å². The predicted octanol–water partition coefficient (Wildman–Crippen LogP) is 4.57. The molecule has 1 amide bonds. The fourth-order valence-corrected chi connectivity index (χ4v) is 3.95. The predicted molar refractivity (Wildman–Crippen MR) is 96.2 cm³/mol. The van der Waals surface area contributed by atoms with E-state index in [1.165, 1.54) is 17.7 Å². The number of thiophene rings is 1. The number of amides is 1. The van der Waals surface area contributed by atoms with Gasteiger partial charge in [0.2, 0.25) is 0 Å². The van der Waals surface area contributed by atoms with Crippen LogP contribution in [0.25, 0.3) is 0 Å². The third kappa shape index (κ3) is 6.69. The molecule has 2 N–H and O–H groups in total. The van der Waals surface area contributed by atoms with Crippen LogP contribution in [0.1, 0.15) is 51.3 Å². The van der Waals surface area contributed by atoms with E-state index in [0.717, 1.165) is 24.4 Å². The molecule has 23 heavy (non-hydrogen) atoms. The molecular formula is C17H27ClN2O2S. The molecule has 0 aromatic carbocycles. The average molecular weight is 359 g/mol. The van der Waals surface area contributed by atoms with Crippen LogP contribution in [-0.4, -0.2) is 24.3 Å². The van der Waals surface area contributed by atoms with Crippen molar-refractivity contribution in [2.24, 2.45) is 5.92 Å². The molecule has 2 atom stereocenters. The lowest BCUT2D eigenvalue weighted by molar-refractivity contribution is 0.0510. The van der Waals surface area contributed by atoms with Crippen molar-refractivity contribution < 1.29 is 9.53 Å². The van der Waals surface area contributed by atoms with E-state index in [9.17, 15) is 4.79 Å². The molecular weight excluding hydrogens is 332 g/mol. The summed E-state index contributed by atoms with van der Waals surface area (Å²) in [6, 6.07) is 2.44. The lowest BCUT2D eigenvalue weighted by Gasteiger charge is -2.32. The average Bonchev–Trinajstić information content (AvgIpc) is 2.87. The van der Waals surface area contributed by atoms with Gasteiger partial charge in [0, 0.05) is 29.4 Å². The minimum absolute atomic E-state index is 0.327. The Balaban J connectivity index is 1.79. The van der Waals surface area contributed by atoms with Crippen molar-refractivity contribution in [3.63, 3.8) is 0 Å². The summed E-state index contributed by atoms with van der Waals surface area (Å²) in [5, 5.41) is 9.32. The summed E-state index contributed by atoms with van der Waals surface area (Å²) in [5.74, 6) is 0.451. The number of alkyl carbamates (subject to hydrolysis) is 1. The fourth-order valence-electron chi connectivity index (χ4n) is 2.93. The van der Waals surface area contributed by atoms with Crippen molar-refractivity contribution in [2.75, 3.05) is 6.54 Å². The highest BCUT2D eigenvalue weighted by Crippen LogP contribution is 2.25. The van der Waals surface area contributed by atoms with Crippen LogP contribution < -0.4 is 10.6 Å². The number of halogens is 1. The van der Waals surface area contributed by atoms with Crippen molar-refractivity contribution >= 4 is 29.0 Å². The van der Waals surface area contributed by atoms with Gasteiger partial charge in [-0.05, 0) is 45.6 Å². The molecule has 0 aliphatic heterocycles. The zero-order valence-electron chi connectivity index (χ0n) is 14.2. The van der Waals surface area contributed by atoms with E-state index in [2.05, 4.69) is 10.6 Å². The molecule has 1 aliphatic carbocycles. The Morgan fingerprint density at radius 2 is 2.13 bits per heavy atom. The van der Waals surface area contributed by atoms with Crippen LogP contribution in [0, 0.1) is 5.92 Å². The zero-order valence-corrected chi connectivity index (χ0v) is 15.7. The SMILES string of the molecule is CC(C)(C)OC(=O)NCC1CCCCC1NCc1cc(Cl)cs1. The largest absolute Gasteiger partial charge is 0.444 e. The van der Waals surface area contributed by atoms with Crippen LogP contribution in [0.5, 0.6) is 0 Å². The van der Waals surface area contributed by atoms with E-state index >= 15 is 0 Å². The van der Waals surface area contributed by atoms with Crippen LogP contribution in [0.3, 0.4) is 0 Å². The standard InChI is InChI=1S/C17H27ClN2O2S/c1-17(2,3)22-16(21)20-9-12-6-4-5-7-15(12)19-10-14-8-13(18)11-23-14/h8,11-12,15,19H,4-7,9-10H2,1-3H3,(H,20,21). The van der Waals surface area contributed by atoms with Gasteiger partial charge in [-0.2, -0.15) is 0 Å². The molecule has 0 spiro atoms. The molecule has 1 aromatic heterocycles. The first kappa shape index (κ1) is 18.6. The van der Waals surface area contributed by atoms with Gasteiger partial charge in [0.1, 0.15) is 5.60 Å². The summed E-state index contributed by atoms with van der Waals surface area (Å²) in [6.45, 7) is 7.14. The van der Waals surface area contributed by atoms with Gasteiger partial charge in [0.25, 0.3) is 0 Å². The van der Waals surface area contributed by atoms with Crippen LogP contribution in [0.2, 0.25) is 5.02 Å². The second kappa shape index (κ2) is 8.36. The first-order valence-corrected chi connectivity index (χ1v) is 9.52. The molecule has 1 aliphatic rings. The molecule has 1 heterocycles. The molecule has 1 saturated carbocycles. The monoisotopic (exact) mass is 358 g/mol. The van der Waals surface area contributed by atoms with Crippen molar-refractivity contribution in [3.05, 3.63) is 21.3 Å². The first-order chi connectivity index (χ1) is 10.8. The van der Waals surface area contributed by atoms with Crippen LogP contribution in [-0.2, 0) is 11.3 Å². The van der Waals surface area contributed by atoms with Crippen molar-refractivity contribution in [1.29, 1.82) is 0 Å². The Morgan fingerprint density at radius 1 is 1.39 bits per heavy atom. The highest BCUT2D eigenvalue weighted by molar-refractivity contribution is 7.10. The second-order valence-electron chi connectivity index (χ2n) is 7.15. The summed E-state index contributed by atoms with van der Waals surface area (Å²) in [4.78, 5) is 13.1. The van der Waals surface area contributed by atoms with Gasteiger partial charge in [-0.15, -0.1) is 11.3 Å². The maximum Gasteiger partial charge on any atom is 0.407 e. The summed E-state index contributed by atoms with van der Waals surface area (Å²) >= 11 is 7.65. The second-order valence-corrected chi connectivity index (χ2v) is 8.58. The number of rotatable bonds is 5. The fraction of sp³-hybridized carbons (Fsp3) is 0.706. The van der Waals surface area contributed by atoms with E-state index < -0.39 is 5.60 Å². The first-order valence-electron chi connectivity index (χ1n) is 8.26. The van der Waals surface area contributed by atoms with Crippen LogP contribution >= 0.6 is 22.9 Å². The third-order valence-corrected chi connectivity index (χ3v) is 5.26. The number of ether oxygens (including phenoxy) is 1. The maximum absolute atomic E-state index is 11.8. The van der Waals surface area contributed by atoms with Crippen LogP contribution in [0.15, 0.2) is 11.4 Å². The van der Waals surface area contributed by atoms with Gasteiger partial charge >= 0.3 is 6.09 Å². The number of hydrogen-bond acceptors (Lipinski definition) is 4. The molecule has 1 aromatic rings. The quantitative estimate of drug-likeness (QED) is 0.810. The molecule has 1 fully saturated rings. The maximum atomic E-state index is 11.8. The van der Waals surface area contributed by atoms with Crippen molar-refractivity contribution in [2.45, 2.75) is 64.6 Å². The van der Waals surface area contributed by atoms with E-state index in [4.69, 9.17) is 16.3 Å². The molecule has 130 valence electrons. The molecule has 2 rings (SSSR count). The lowest BCUT2D eigenvalue weighted by Crippen LogP contribution is -2.44. The normalized spacial score (nSPS) is 21.9. The van der Waals surface area contributed by atoms with E-state index in [1.807, 2.05) is 32.2 Å². The Hall–Kier alpha value is -0.780. The molecule has 6 heteroatoms. The Morgan fingerprint density at radius 3 is 2.78 bits per heavy atom. The van der Waals surface area contributed by atoms with Gasteiger partial charge in [-0.3, -0.25) is 0 Å². The summed E-state index contributed by atoms with van der Waals surface area (Å²) in [6.07, 6.45) is 4.43. The van der Waals surface area contributed by atoms with Gasteiger partial charge < -0.3 is 15.4 Å². The van der Waals surface area contributed by atoms with Gasteiger partial charge in [0.05, 0.1) is 5.02 Å². The van der Waals surface area contributed by atoms with Gasteiger partial charge in [-0.25, -0.2) is 4.79 Å². The van der Waals surface area contributed by atoms with Crippen LogP contribution in [0.4, 0.5) is 4.79 Å². The van der Waals surface area contributed by atoms with E-state index in [0.29, 0.717) is 18.5 Å². The van der Waals surface area contributed by atoms with Gasteiger partial charge in [-0.1, -0.05) is 24.4 Å². The van der Waals surface area contributed by atoms with E-state index in [-0.39, 0.29) is 6.09 Å². The molecule has 4 nitrogen and oxygen atoms in total.